The minimum absolute atomic E-state index is 0. The van der Waals surface area contributed by atoms with Crippen LogP contribution in [-0.4, -0.2) is 51.8 Å². The highest BCUT2D eigenvalue weighted by Gasteiger charge is 2.21. The first-order valence-electron chi connectivity index (χ1n) is 14.8. The Morgan fingerprint density at radius 2 is 1.74 bits per heavy atom. The zero-order valence-electron chi connectivity index (χ0n) is 25.9. The quantitative estimate of drug-likeness (QED) is 0.195. The van der Waals surface area contributed by atoms with Crippen molar-refractivity contribution in [3.8, 4) is 11.1 Å². The van der Waals surface area contributed by atoms with E-state index >= 15 is 0 Å². The molecule has 2 aromatic carbocycles. The van der Waals surface area contributed by atoms with E-state index in [1.54, 1.807) is 6.20 Å². The largest absolute Gasteiger partial charge is 0.465 e. The van der Waals surface area contributed by atoms with Crippen molar-refractivity contribution in [1.29, 1.82) is 0 Å². The Labute approximate surface area is 261 Å². The summed E-state index contributed by atoms with van der Waals surface area (Å²) >= 11 is 0.103. The van der Waals surface area contributed by atoms with Crippen LogP contribution in [0, 0.1) is 6.92 Å². The number of rotatable bonds is 7. The third-order valence-electron chi connectivity index (χ3n) is 7.36. The van der Waals surface area contributed by atoms with Gasteiger partial charge in [0.25, 0.3) is 0 Å². The third-order valence-corrected chi connectivity index (χ3v) is 7.78. The van der Waals surface area contributed by atoms with Crippen LogP contribution in [0.25, 0.3) is 28.1 Å². The smallest absolute Gasteiger partial charge is 0.337 e. The number of halogens is 1. The number of piperidine rings is 1. The van der Waals surface area contributed by atoms with Crippen LogP contribution in [0.2, 0.25) is 0 Å². The number of carbonyl (C=O) groups excluding carboxylic acids is 1. The molecule has 232 valence electrons. The third kappa shape index (κ3) is 8.77. The molecule has 1 saturated heterocycles. The van der Waals surface area contributed by atoms with E-state index in [1.807, 2.05) is 71.1 Å². The molecule has 3 heterocycles. The molecule has 0 unspecified atom stereocenters. The molecule has 0 spiro atoms. The van der Waals surface area contributed by atoms with Crippen molar-refractivity contribution < 1.29 is 13.4 Å². The zero-order valence-corrected chi connectivity index (χ0v) is 26.7. The number of likely N-dealkylation sites (tertiary alicyclic amines) is 1. The number of nitrogens with zero attached hydrogens (tertiary/aromatic N) is 4. The standard InChI is InChI=1S/C30H31FN4O2S.2C2H6.CH4/c1-20(19-34-14-11-23(12-15-34)22-4-6-24(7-5-22)30(36)37-3)16-28-21(2)32-13-10-27(28)25-8-9-29-26(17-25)18-33-35(29)38-31;2*1-2;/h4-10,13,16-18,23H,11-12,14-15,19H2,1-3H3;2*1-2H3;1H4/b20-16+;;;. The van der Waals surface area contributed by atoms with Gasteiger partial charge in [-0.05, 0) is 92.7 Å². The van der Waals surface area contributed by atoms with Gasteiger partial charge in [-0.1, -0.05) is 65.0 Å². The molecule has 0 aliphatic carbocycles. The molecular weight excluding hydrogens is 559 g/mol. The van der Waals surface area contributed by atoms with Crippen molar-refractivity contribution in [3.63, 3.8) is 0 Å². The van der Waals surface area contributed by atoms with Crippen molar-refractivity contribution in [1.82, 2.24) is 19.1 Å². The Bertz CT molecular complexity index is 1480. The molecule has 43 heavy (non-hydrogen) atoms. The lowest BCUT2D eigenvalue weighted by Gasteiger charge is -2.32. The molecular formula is C35H47FN4O2S. The van der Waals surface area contributed by atoms with Crippen LogP contribution in [0.15, 0.2) is 66.5 Å². The van der Waals surface area contributed by atoms with E-state index in [4.69, 9.17) is 4.74 Å². The first kappa shape index (κ1) is 35.7. The summed E-state index contributed by atoms with van der Waals surface area (Å²) in [6.07, 6.45) is 7.96. The fourth-order valence-corrected chi connectivity index (χ4v) is 5.64. The number of pyridine rings is 1. The maximum atomic E-state index is 13.1. The van der Waals surface area contributed by atoms with E-state index in [2.05, 4.69) is 46.2 Å². The van der Waals surface area contributed by atoms with Crippen molar-refractivity contribution in [2.75, 3.05) is 26.7 Å². The fourth-order valence-electron chi connectivity index (χ4n) is 5.32. The van der Waals surface area contributed by atoms with Crippen LogP contribution in [-0.2, 0) is 4.74 Å². The zero-order chi connectivity index (χ0) is 30.6. The number of hydrogen-bond acceptors (Lipinski definition) is 6. The van der Waals surface area contributed by atoms with Gasteiger partial charge >= 0.3 is 5.97 Å². The first-order valence-corrected chi connectivity index (χ1v) is 15.4. The molecule has 0 bridgehead atoms. The van der Waals surface area contributed by atoms with Crippen molar-refractivity contribution in [3.05, 3.63) is 88.9 Å². The molecule has 0 radical (unpaired) electrons. The number of aryl methyl sites for hydroxylation is 1. The molecule has 1 aliphatic rings. The molecule has 5 rings (SSSR count). The van der Waals surface area contributed by atoms with Gasteiger partial charge in [0.1, 0.15) is 0 Å². The second kappa shape index (κ2) is 17.6. The molecule has 0 atom stereocenters. The number of hydrogen-bond donors (Lipinski definition) is 0. The van der Waals surface area contributed by atoms with E-state index in [-0.39, 0.29) is 25.7 Å². The first-order chi connectivity index (χ1) is 20.5. The van der Waals surface area contributed by atoms with E-state index < -0.39 is 0 Å². The SMILES string of the molecule is C.CC.CC.COC(=O)c1ccc(C2CCN(C/C(C)=C/c3c(-c4ccc5c(cnn5SF)c4)ccnc3C)CC2)cc1. The van der Waals surface area contributed by atoms with Crippen LogP contribution < -0.4 is 0 Å². The van der Waals surface area contributed by atoms with E-state index in [1.165, 1.54) is 22.3 Å². The predicted octanol–water partition coefficient (Wildman–Crippen LogP) is 9.55. The highest BCUT2D eigenvalue weighted by atomic mass is 32.2. The van der Waals surface area contributed by atoms with Crippen molar-refractivity contribution >= 4 is 35.3 Å². The Morgan fingerprint density at radius 1 is 1.07 bits per heavy atom. The number of fused-ring (bicyclic) bond motifs is 1. The molecule has 0 saturated carbocycles. The van der Waals surface area contributed by atoms with Gasteiger partial charge in [0, 0.05) is 29.4 Å². The number of ether oxygens (including phenoxy) is 1. The molecule has 0 amide bonds. The normalized spacial score (nSPS) is 13.7. The van der Waals surface area contributed by atoms with Crippen molar-refractivity contribution in [2.45, 2.75) is 67.7 Å². The Kier molecular flexibility index (Phi) is 14.6. The van der Waals surface area contributed by atoms with Crippen LogP contribution in [0.1, 0.15) is 88.0 Å². The summed E-state index contributed by atoms with van der Waals surface area (Å²) in [7, 11) is 1.41. The van der Waals surface area contributed by atoms with Crippen molar-refractivity contribution in [2.24, 2.45) is 0 Å². The number of methoxy groups -OCH3 is 1. The molecule has 1 aliphatic heterocycles. The topological polar surface area (TPSA) is 60.2 Å². The lowest BCUT2D eigenvalue weighted by Crippen LogP contribution is -2.34. The van der Waals surface area contributed by atoms with E-state index in [0.717, 1.165) is 65.8 Å². The second-order valence-corrected chi connectivity index (χ2v) is 10.4. The number of benzene rings is 2. The van der Waals surface area contributed by atoms with Gasteiger partial charge in [-0.3, -0.25) is 9.88 Å². The summed E-state index contributed by atoms with van der Waals surface area (Å²) in [6.45, 7) is 15.2. The summed E-state index contributed by atoms with van der Waals surface area (Å²) in [5, 5.41) is 5.00. The van der Waals surface area contributed by atoms with Gasteiger partial charge in [0.2, 0.25) is 0 Å². The van der Waals surface area contributed by atoms with Gasteiger partial charge in [-0.25, -0.2) is 4.79 Å². The molecule has 8 heteroatoms. The van der Waals surface area contributed by atoms with E-state index in [0.29, 0.717) is 11.5 Å². The van der Waals surface area contributed by atoms with Crippen LogP contribution in [0.4, 0.5) is 3.89 Å². The monoisotopic (exact) mass is 606 g/mol. The van der Waals surface area contributed by atoms with Gasteiger partial charge < -0.3 is 4.74 Å². The van der Waals surface area contributed by atoms with Crippen LogP contribution in [0.5, 0.6) is 0 Å². The molecule has 4 aromatic rings. The lowest BCUT2D eigenvalue weighted by molar-refractivity contribution is 0.0600. The second-order valence-electron chi connectivity index (χ2n) is 9.87. The lowest BCUT2D eigenvalue weighted by atomic mass is 9.89. The molecule has 2 aromatic heterocycles. The summed E-state index contributed by atoms with van der Waals surface area (Å²) in [5.41, 5.74) is 8.16. The average Bonchev–Trinajstić information content (AvgIpc) is 3.46. The maximum Gasteiger partial charge on any atom is 0.337 e. The Morgan fingerprint density at radius 3 is 2.37 bits per heavy atom. The van der Waals surface area contributed by atoms with Crippen LogP contribution >= 0.6 is 12.3 Å². The summed E-state index contributed by atoms with van der Waals surface area (Å²) in [6, 6.07) is 15.9. The minimum Gasteiger partial charge on any atom is -0.465 e. The predicted molar refractivity (Wildman–Crippen MR) is 181 cm³/mol. The maximum absolute atomic E-state index is 13.1. The summed E-state index contributed by atoms with van der Waals surface area (Å²) in [4.78, 5) is 18.8. The van der Waals surface area contributed by atoms with E-state index in [9.17, 15) is 8.68 Å². The minimum atomic E-state index is -0.298. The highest BCUT2D eigenvalue weighted by molar-refractivity contribution is 7.92. The molecule has 1 fully saturated rings. The summed E-state index contributed by atoms with van der Waals surface area (Å²) < 4.78 is 19.2. The van der Waals surface area contributed by atoms with Gasteiger partial charge in [0.15, 0.2) is 12.3 Å². The fraction of sp³-hybridized carbons (Fsp3) is 0.400. The Balaban J connectivity index is 0.00000124. The Hall–Kier alpha value is -3.49. The number of esters is 1. The number of carbonyl (C=O) groups is 1. The average molecular weight is 607 g/mol. The van der Waals surface area contributed by atoms with Gasteiger partial charge in [-0.2, -0.15) is 9.19 Å². The van der Waals surface area contributed by atoms with Gasteiger partial charge in [-0.15, -0.1) is 3.89 Å². The highest BCUT2D eigenvalue weighted by Crippen LogP contribution is 2.32. The molecule has 0 N–H and O–H groups in total. The van der Waals surface area contributed by atoms with Gasteiger partial charge in [0.05, 0.1) is 24.4 Å². The molecule has 6 nitrogen and oxygen atoms in total. The summed E-state index contributed by atoms with van der Waals surface area (Å²) in [5.74, 6) is 0.206. The number of aromatic nitrogens is 3. The van der Waals surface area contributed by atoms with Crippen LogP contribution in [0.3, 0.4) is 0 Å².